The number of rotatable bonds is 5. The molecule has 18 heavy (non-hydrogen) atoms. The Morgan fingerprint density at radius 1 is 1.33 bits per heavy atom. The maximum atomic E-state index is 5.58. The van der Waals surface area contributed by atoms with Crippen LogP contribution in [0, 0.1) is 0 Å². The zero-order valence-corrected chi connectivity index (χ0v) is 10.7. The quantitative estimate of drug-likeness (QED) is 0.870. The summed E-state index contributed by atoms with van der Waals surface area (Å²) in [6, 6.07) is 9.75. The second-order valence-electron chi connectivity index (χ2n) is 4.10. The Balaban J connectivity index is 2.01. The molecule has 2 aromatic rings. The summed E-state index contributed by atoms with van der Waals surface area (Å²) in [4.78, 5) is 2.14. The molecule has 0 radical (unpaired) electrons. The third-order valence-electron chi connectivity index (χ3n) is 2.82. The first-order chi connectivity index (χ1) is 8.70. The van der Waals surface area contributed by atoms with Crippen LogP contribution in [0.1, 0.15) is 0 Å². The number of likely N-dealkylation sites (N-methyl/N-ethyl adjacent to an activating group) is 1. The van der Waals surface area contributed by atoms with Gasteiger partial charge in [0.2, 0.25) is 0 Å². The van der Waals surface area contributed by atoms with E-state index in [4.69, 9.17) is 10.5 Å². The summed E-state index contributed by atoms with van der Waals surface area (Å²) in [7, 11) is 3.71. The highest BCUT2D eigenvalue weighted by molar-refractivity contribution is 5.57. The summed E-state index contributed by atoms with van der Waals surface area (Å²) in [5.41, 5.74) is 6.65. The highest BCUT2D eigenvalue weighted by Crippen LogP contribution is 2.26. The lowest BCUT2D eigenvalue weighted by Gasteiger charge is -2.21. The number of nitrogens with two attached hydrogens (primary N) is 1. The second-order valence-corrected chi connectivity index (χ2v) is 4.10. The number of aromatic nitrogens is 2. The number of methoxy groups -OCH3 is 1. The largest absolute Gasteiger partial charge is 0.495 e. The van der Waals surface area contributed by atoms with Gasteiger partial charge in [0.1, 0.15) is 11.6 Å². The Morgan fingerprint density at radius 3 is 2.78 bits per heavy atom. The van der Waals surface area contributed by atoms with Gasteiger partial charge in [0.05, 0.1) is 19.3 Å². The zero-order valence-electron chi connectivity index (χ0n) is 10.7. The summed E-state index contributed by atoms with van der Waals surface area (Å²) in [5.74, 6) is 1.43. The van der Waals surface area contributed by atoms with Gasteiger partial charge in [0.25, 0.3) is 0 Å². The van der Waals surface area contributed by atoms with Crippen LogP contribution in [0.3, 0.4) is 0 Å². The fraction of sp³-hybridized carbons (Fsp3) is 0.308. The van der Waals surface area contributed by atoms with E-state index in [0.29, 0.717) is 5.82 Å². The fourth-order valence-corrected chi connectivity index (χ4v) is 1.82. The third kappa shape index (κ3) is 2.74. The van der Waals surface area contributed by atoms with Crippen molar-refractivity contribution in [1.82, 2.24) is 9.78 Å². The Labute approximate surface area is 107 Å². The van der Waals surface area contributed by atoms with Crippen LogP contribution in [-0.2, 0) is 6.54 Å². The van der Waals surface area contributed by atoms with Gasteiger partial charge in [-0.15, -0.1) is 0 Å². The summed E-state index contributed by atoms with van der Waals surface area (Å²) in [5, 5.41) is 4.16. The summed E-state index contributed by atoms with van der Waals surface area (Å²) >= 11 is 0. The Morgan fingerprint density at radius 2 is 2.11 bits per heavy atom. The summed E-state index contributed by atoms with van der Waals surface area (Å²) < 4.78 is 7.17. The van der Waals surface area contributed by atoms with E-state index >= 15 is 0 Å². The smallest absolute Gasteiger partial charge is 0.145 e. The van der Waals surface area contributed by atoms with Gasteiger partial charge in [-0.2, -0.15) is 5.10 Å². The van der Waals surface area contributed by atoms with E-state index in [-0.39, 0.29) is 0 Å². The van der Waals surface area contributed by atoms with E-state index in [0.717, 1.165) is 24.5 Å². The van der Waals surface area contributed by atoms with Crippen molar-refractivity contribution in [1.29, 1.82) is 0 Å². The van der Waals surface area contributed by atoms with Crippen LogP contribution in [0.15, 0.2) is 36.5 Å². The molecule has 0 aliphatic carbocycles. The van der Waals surface area contributed by atoms with Gasteiger partial charge in [-0.1, -0.05) is 12.1 Å². The van der Waals surface area contributed by atoms with Gasteiger partial charge in [-0.05, 0) is 18.2 Å². The molecule has 0 unspecified atom stereocenters. The SMILES string of the molecule is COc1ccccc1N(C)CCn1ccc(N)n1. The Bertz CT molecular complexity index is 509. The lowest BCUT2D eigenvalue weighted by molar-refractivity contribution is 0.414. The number of nitrogen functional groups attached to an aromatic ring is 1. The molecule has 1 aromatic heterocycles. The van der Waals surface area contributed by atoms with Crippen molar-refractivity contribution in [3.8, 4) is 5.75 Å². The first kappa shape index (κ1) is 12.3. The molecule has 96 valence electrons. The molecule has 0 saturated heterocycles. The molecule has 5 nitrogen and oxygen atoms in total. The molecular weight excluding hydrogens is 228 g/mol. The Hall–Kier alpha value is -2.17. The van der Waals surface area contributed by atoms with E-state index < -0.39 is 0 Å². The molecule has 5 heteroatoms. The van der Waals surface area contributed by atoms with Crippen molar-refractivity contribution in [3.63, 3.8) is 0 Å². The van der Waals surface area contributed by atoms with Crippen molar-refractivity contribution in [3.05, 3.63) is 36.5 Å². The zero-order chi connectivity index (χ0) is 13.0. The van der Waals surface area contributed by atoms with Crippen LogP contribution < -0.4 is 15.4 Å². The number of ether oxygens (including phenoxy) is 1. The number of hydrogen-bond acceptors (Lipinski definition) is 4. The first-order valence-corrected chi connectivity index (χ1v) is 5.84. The highest BCUT2D eigenvalue weighted by atomic mass is 16.5. The molecule has 0 aliphatic rings. The van der Waals surface area contributed by atoms with Crippen LogP contribution in [0.2, 0.25) is 0 Å². The predicted octanol–water partition coefficient (Wildman–Crippen LogP) is 1.61. The number of para-hydroxylation sites is 2. The standard InChI is InChI=1S/C13H18N4O/c1-16(9-10-17-8-7-13(14)15-17)11-5-3-4-6-12(11)18-2/h3-8H,9-10H2,1-2H3,(H2,14,15). The van der Waals surface area contributed by atoms with E-state index in [1.54, 1.807) is 13.2 Å². The van der Waals surface area contributed by atoms with Crippen LogP contribution in [0.25, 0.3) is 0 Å². The molecule has 2 N–H and O–H groups in total. The van der Waals surface area contributed by atoms with Crippen molar-refractivity contribution < 1.29 is 4.74 Å². The molecule has 0 aliphatic heterocycles. The molecule has 0 bridgehead atoms. The summed E-state index contributed by atoms with van der Waals surface area (Å²) in [6.45, 7) is 1.62. The van der Waals surface area contributed by atoms with Crippen LogP contribution in [0.5, 0.6) is 5.75 Å². The van der Waals surface area contributed by atoms with Gasteiger partial charge < -0.3 is 15.4 Å². The van der Waals surface area contributed by atoms with E-state index in [1.807, 2.05) is 42.2 Å². The van der Waals surface area contributed by atoms with E-state index in [2.05, 4.69) is 10.00 Å². The number of hydrogen-bond donors (Lipinski definition) is 1. The highest BCUT2D eigenvalue weighted by Gasteiger charge is 2.07. The predicted molar refractivity (Wildman–Crippen MR) is 72.9 cm³/mol. The minimum Gasteiger partial charge on any atom is -0.495 e. The topological polar surface area (TPSA) is 56.3 Å². The molecule has 0 saturated carbocycles. The number of nitrogens with zero attached hydrogens (tertiary/aromatic N) is 3. The van der Waals surface area contributed by atoms with Gasteiger partial charge in [-0.3, -0.25) is 4.68 Å². The van der Waals surface area contributed by atoms with Gasteiger partial charge in [-0.25, -0.2) is 0 Å². The summed E-state index contributed by atoms with van der Waals surface area (Å²) in [6.07, 6.45) is 1.88. The van der Waals surface area contributed by atoms with Gasteiger partial charge in [0, 0.05) is 19.8 Å². The maximum absolute atomic E-state index is 5.58. The monoisotopic (exact) mass is 246 g/mol. The maximum Gasteiger partial charge on any atom is 0.145 e. The fourth-order valence-electron chi connectivity index (χ4n) is 1.82. The average Bonchev–Trinajstić information content (AvgIpc) is 2.81. The van der Waals surface area contributed by atoms with Crippen molar-refractivity contribution >= 4 is 11.5 Å². The minimum atomic E-state index is 0.551. The van der Waals surface area contributed by atoms with Gasteiger partial charge >= 0.3 is 0 Å². The Kier molecular flexibility index (Phi) is 3.72. The molecule has 1 heterocycles. The van der Waals surface area contributed by atoms with Crippen molar-refractivity contribution in [2.75, 3.05) is 31.3 Å². The van der Waals surface area contributed by atoms with E-state index in [1.165, 1.54) is 0 Å². The van der Waals surface area contributed by atoms with Gasteiger partial charge in [0.15, 0.2) is 0 Å². The van der Waals surface area contributed by atoms with Crippen LogP contribution in [0.4, 0.5) is 11.5 Å². The second kappa shape index (κ2) is 5.44. The number of benzene rings is 1. The van der Waals surface area contributed by atoms with Crippen molar-refractivity contribution in [2.45, 2.75) is 6.54 Å². The third-order valence-corrected chi connectivity index (χ3v) is 2.82. The van der Waals surface area contributed by atoms with Crippen molar-refractivity contribution in [2.24, 2.45) is 0 Å². The first-order valence-electron chi connectivity index (χ1n) is 5.84. The molecule has 0 fully saturated rings. The molecule has 1 aromatic carbocycles. The van der Waals surface area contributed by atoms with Crippen LogP contribution in [-0.4, -0.2) is 30.5 Å². The lowest BCUT2D eigenvalue weighted by atomic mass is 10.2. The van der Waals surface area contributed by atoms with E-state index in [9.17, 15) is 0 Å². The normalized spacial score (nSPS) is 10.3. The minimum absolute atomic E-state index is 0.551. The number of anilines is 2. The molecule has 0 spiro atoms. The molecule has 0 atom stereocenters. The molecular formula is C13H18N4O. The average molecular weight is 246 g/mol. The van der Waals surface area contributed by atoms with Crippen LogP contribution >= 0.6 is 0 Å². The molecule has 2 rings (SSSR count). The molecule has 0 amide bonds. The lowest BCUT2D eigenvalue weighted by Crippen LogP contribution is -2.23.